The van der Waals surface area contributed by atoms with Crippen molar-refractivity contribution in [1.29, 1.82) is 0 Å². The minimum absolute atomic E-state index is 0.0262. The van der Waals surface area contributed by atoms with Gasteiger partial charge in [0.05, 0.1) is 12.1 Å². The Morgan fingerprint density at radius 1 is 1.39 bits per heavy atom. The summed E-state index contributed by atoms with van der Waals surface area (Å²) >= 11 is 0. The third-order valence-corrected chi connectivity index (χ3v) is 3.47. The highest BCUT2D eigenvalue weighted by Gasteiger charge is 2.38. The summed E-state index contributed by atoms with van der Waals surface area (Å²) < 4.78 is 5.28. The number of carbonyl (C=O) groups excluding carboxylic acids is 1. The zero-order chi connectivity index (χ0) is 13.1. The number of nitrogens with zero attached hydrogens (tertiary/aromatic N) is 1. The van der Waals surface area contributed by atoms with Gasteiger partial charge < -0.3 is 14.7 Å². The first kappa shape index (κ1) is 12.9. The Labute approximate surface area is 107 Å². The third-order valence-electron chi connectivity index (χ3n) is 3.47. The van der Waals surface area contributed by atoms with Crippen LogP contribution >= 0.6 is 0 Å². The maximum Gasteiger partial charge on any atom is 0.410 e. The molecule has 3 atom stereocenters. The fraction of sp³-hybridized carbons (Fsp3) is 0.500. The van der Waals surface area contributed by atoms with Crippen LogP contribution in [-0.4, -0.2) is 34.3 Å². The van der Waals surface area contributed by atoms with Crippen LogP contribution in [0.5, 0.6) is 0 Å². The van der Waals surface area contributed by atoms with Crippen molar-refractivity contribution < 1.29 is 14.6 Å². The van der Waals surface area contributed by atoms with Gasteiger partial charge in [-0.2, -0.15) is 0 Å². The Balaban J connectivity index is 1.92. The number of carbonyl (C=O) groups is 1. The van der Waals surface area contributed by atoms with Gasteiger partial charge in [0.2, 0.25) is 0 Å². The minimum atomic E-state index is -0.454. The summed E-state index contributed by atoms with van der Waals surface area (Å²) in [6.45, 7) is 4.04. The molecule has 1 aliphatic rings. The van der Waals surface area contributed by atoms with Crippen LogP contribution in [0.1, 0.15) is 25.8 Å². The predicted molar refractivity (Wildman–Crippen MR) is 68.0 cm³/mol. The van der Waals surface area contributed by atoms with E-state index in [0.29, 0.717) is 6.42 Å². The van der Waals surface area contributed by atoms with E-state index in [1.807, 2.05) is 44.2 Å². The topological polar surface area (TPSA) is 49.8 Å². The van der Waals surface area contributed by atoms with Crippen LogP contribution in [0.3, 0.4) is 0 Å². The van der Waals surface area contributed by atoms with Crippen molar-refractivity contribution in [2.45, 2.75) is 45.1 Å². The summed E-state index contributed by atoms with van der Waals surface area (Å²) in [5.74, 6) is 0. The summed E-state index contributed by atoms with van der Waals surface area (Å²) in [5, 5.41) is 9.72. The van der Waals surface area contributed by atoms with Gasteiger partial charge >= 0.3 is 6.09 Å². The molecule has 1 N–H and O–H groups in total. The number of hydrogen-bond donors (Lipinski definition) is 1. The third kappa shape index (κ3) is 2.64. The first-order valence-corrected chi connectivity index (χ1v) is 6.26. The van der Waals surface area contributed by atoms with E-state index in [2.05, 4.69) is 0 Å². The molecular formula is C14H19NO3. The standard InChI is InChI=1S/C14H19NO3/c1-10-8-13(16)11(2)15(10)14(17)18-9-12-6-4-3-5-7-12/h3-7,10-11,13,16H,8-9H2,1-2H3/t10-,11+,13+/m1/s1. The van der Waals surface area contributed by atoms with E-state index < -0.39 is 6.10 Å². The summed E-state index contributed by atoms with van der Waals surface area (Å²) in [6, 6.07) is 9.42. The van der Waals surface area contributed by atoms with E-state index in [1.165, 1.54) is 0 Å². The summed E-state index contributed by atoms with van der Waals surface area (Å²) in [6.07, 6.45) is -0.193. The SMILES string of the molecule is C[C@@H]1C[C@H](O)[C@H](C)N1C(=O)OCc1ccccc1. The van der Waals surface area contributed by atoms with Gasteiger partial charge in [-0.3, -0.25) is 0 Å². The van der Waals surface area contributed by atoms with Crippen molar-refractivity contribution in [2.24, 2.45) is 0 Å². The molecule has 1 heterocycles. The number of likely N-dealkylation sites (tertiary alicyclic amines) is 1. The van der Waals surface area contributed by atoms with Crippen LogP contribution < -0.4 is 0 Å². The van der Waals surface area contributed by atoms with E-state index in [1.54, 1.807) is 4.90 Å². The molecule has 1 aliphatic heterocycles. The highest BCUT2D eigenvalue weighted by molar-refractivity contribution is 5.69. The van der Waals surface area contributed by atoms with Gasteiger partial charge in [0.1, 0.15) is 6.61 Å². The van der Waals surface area contributed by atoms with Gasteiger partial charge in [0.15, 0.2) is 0 Å². The zero-order valence-electron chi connectivity index (χ0n) is 10.7. The lowest BCUT2D eigenvalue weighted by Crippen LogP contribution is -2.40. The van der Waals surface area contributed by atoms with E-state index in [0.717, 1.165) is 5.56 Å². The number of amides is 1. The number of hydrogen-bond acceptors (Lipinski definition) is 3. The second-order valence-electron chi connectivity index (χ2n) is 4.84. The molecule has 0 saturated carbocycles. The van der Waals surface area contributed by atoms with Gasteiger partial charge in [-0.25, -0.2) is 4.79 Å². The van der Waals surface area contributed by atoms with Gasteiger partial charge in [-0.1, -0.05) is 30.3 Å². The normalized spacial score (nSPS) is 27.3. The summed E-state index contributed by atoms with van der Waals surface area (Å²) in [7, 11) is 0. The molecule has 0 radical (unpaired) electrons. The average molecular weight is 249 g/mol. The van der Waals surface area contributed by atoms with Gasteiger partial charge in [-0.05, 0) is 25.8 Å². The molecule has 4 nitrogen and oxygen atoms in total. The highest BCUT2D eigenvalue weighted by atomic mass is 16.6. The molecule has 4 heteroatoms. The van der Waals surface area contributed by atoms with Crippen molar-refractivity contribution in [3.8, 4) is 0 Å². The van der Waals surface area contributed by atoms with Crippen molar-refractivity contribution >= 4 is 6.09 Å². The molecule has 2 rings (SSSR count). The van der Waals surface area contributed by atoms with E-state index in [9.17, 15) is 9.90 Å². The molecule has 1 amide bonds. The molecule has 0 spiro atoms. The number of rotatable bonds is 2. The van der Waals surface area contributed by atoms with Crippen molar-refractivity contribution in [3.05, 3.63) is 35.9 Å². The first-order chi connectivity index (χ1) is 8.59. The molecule has 0 unspecified atom stereocenters. The molecule has 98 valence electrons. The second kappa shape index (κ2) is 5.40. The largest absolute Gasteiger partial charge is 0.445 e. The number of aliphatic hydroxyl groups excluding tert-OH is 1. The van der Waals surface area contributed by atoms with Crippen LogP contribution in [-0.2, 0) is 11.3 Å². The van der Waals surface area contributed by atoms with Crippen LogP contribution in [0.4, 0.5) is 4.79 Å². The quantitative estimate of drug-likeness (QED) is 0.874. The molecule has 0 bridgehead atoms. The minimum Gasteiger partial charge on any atom is -0.445 e. The highest BCUT2D eigenvalue weighted by Crippen LogP contribution is 2.25. The molecule has 1 fully saturated rings. The smallest absolute Gasteiger partial charge is 0.410 e. The fourth-order valence-electron chi connectivity index (χ4n) is 2.39. The average Bonchev–Trinajstić information content (AvgIpc) is 2.62. The Morgan fingerprint density at radius 2 is 2.06 bits per heavy atom. The van der Waals surface area contributed by atoms with Gasteiger partial charge in [0, 0.05) is 6.04 Å². The molecular weight excluding hydrogens is 230 g/mol. The summed E-state index contributed by atoms with van der Waals surface area (Å²) in [4.78, 5) is 13.6. The molecule has 0 aromatic heterocycles. The molecule has 1 saturated heterocycles. The zero-order valence-corrected chi connectivity index (χ0v) is 10.7. The van der Waals surface area contributed by atoms with Gasteiger partial charge in [0.25, 0.3) is 0 Å². The Hall–Kier alpha value is -1.55. The van der Waals surface area contributed by atoms with Crippen LogP contribution in [0.25, 0.3) is 0 Å². The van der Waals surface area contributed by atoms with Crippen LogP contribution in [0.15, 0.2) is 30.3 Å². The monoisotopic (exact) mass is 249 g/mol. The lowest BCUT2D eigenvalue weighted by atomic mass is 10.2. The van der Waals surface area contributed by atoms with Gasteiger partial charge in [-0.15, -0.1) is 0 Å². The Morgan fingerprint density at radius 3 is 2.61 bits per heavy atom. The fourth-order valence-corrected chi connectivity index (χ4v) is 2.39. The van der Waals surface area contributed by atoms with E-state index in [-0.39, 0.29) is 24.8 Å². The van der Waals surface area contributed by atoms with E-state index >= 15 is 0 Å². The Bertz CT molecular complexity index is 407. The number of ether oxygens (including phenoxy) is 1. The lowest BCUT2D eigenvalue weighted by molar-refractivity contribution is 0.0694. The number of benzene rings is 1. The predicted octanol–water partition coefficient (Wildman–Crippen LogP) is 2.17. The second-order valence-corrected chi connectivity index (χ2v) is 4.84. The van der Waals surface area contributed by atoms with Crippen molar-refractivity contribution in [1.82, 2.24) is 4.90 Å². The molecule has 1 aromatic rings. The lowest BCUT2D eigenvalue weighted by Gasteiger charge is -2.25. The maximum atomic E-state index is 12.0. The van der Waals surface area contributed by atoms with Crippen LogP contribution in [0, 0.1) is 0 Å². The van der Waals surface area contributed by atoms with Crippen molar-refractivity contribution in [2.75, 3.05) is 0 Å². The molecule has 18 heavy (non-hydrogen) atoms. The first-order valence-electron chi connectivity index (χ1n) is 6.26. The Kier molecular flexibility index (Phi) is 3.87. The van der Waals surface area contributed by atoms with Crippen molar-refractivity contribution in [3.63, 3.8) is 0 Å². The maximum absolute atomic E-state index is 12.0. The molecule has 0 aliphatic carbocycles. The van der Waals surface area contributed by atoms with E-state index in [4.69, 9.17) is 4.74 Å². The molecule has 1 aromatic carbocycles. The summed E-state index contributed by atoms with van der Waals surface area (Å²) in [5.41, 5.74) is 0.964. The number of aliphatic hydroxyl groups is 1. The van der Waals surface area contributed by atoms with Crippen LogP contribution in [0.2, 0.25) is 0 Å².